The van der Waals surface area contributed by atoms with Crippen LogP contribution in [-0.2, 0) is 57.4 Å². The molecule has 4 aliphatic heterocycles. The van der Waals surface area contributed by atoms with Crippen molar-refractivity contribution < 1.29 is 48.2 Å². The van der Waals surface area contributed by atoms with Gasteiger partial charge in [-0.2, -0.15) is 10.5 Å². The number of benzene rings is 4. The maximum Gasteiger partial charge on any atom is 0.310 e. The number of amides is 7. The van der Waals surface area contributed by atoms with Crippen molar-refractivity contribution in [3.8, 4) is 12.1 Å². The van der Waals surface area contributed by atoms with E-state index in [0.29, 0.717) is 81.4 Å². The number of aromatic nitrogens is 4. The quantitative estimate of drug-likeness (QED) is 0.0609. The molecule has 478 valence electrons. The number of esters is 1. The predicted molar refractivity (Wildman–Crippen MR) is 340 cm³/mol. The molecular formula is C63H68Cl4N14O10. The molecule has 2 fully saturated rings. The summed E-state index contributed by atoms with van der Waals surface area (Å²) in [7, 11) is 1.00. The van der Waals surface area contributed by atoms with E-state index in [-0.39, 0.29) is 91.6 Å². The minimum atomic E-state index is -1.32. The molecule has 0 radical (unpaired) electrons. The van der Waals surface area contributed by atoms with Gasteiger partial charge in [0.2, 0.25) is 29.6 Å². The van der Waals surface area contributed by atoms with Crippen LogP contribution in [-0.4, -0.2) is 133 Å². The third-order valence-corrected chi connectivity index (χ3v) is 16.9. The average Bonchev–Trinajstić information content (AvgIpc) is 1.57. The summed E-state index contributed by atoms with van der Waals surface area (Å²) in [5, 5.41) is 32.2. The number of rotatable bonds is 15. The lowest BCUT2D eigenvalue weighted by atomic mass is 9.91. The summed E-state index contributed by atoms with van der Waals surface area (Å²) in [4.78, 5) is 121. The van der Waals surface area contributed by atoms with Crippen molar-refractivity contribution in [2.75, 3.05) is 49.7 Å². The summed E-state index contributed by atoms with van der Waals surface area (Å²) in [6, 6.07) is 25.4. The molecule has 4 aliphatic rings. The Kier molecular flexibility index (Phi) is 22.5. The van der Waals surface area contributed by atoms with Crippen LogP contribution in [0.5, 0.6) is 0 Å². The molecule has 91 heavy (non-hydrogen) atoms. The average molecular weight is 1320 g/mol. The van der Waals surface area contributed by atoms with Crippen LogP contribution in [0.15, 0.2) is 97.3 Å². The number of anilines is 4. The number of hydrogen-bond acceptors (Lipinski definition) is 15. The molecule has 0 saturated carbocycles. The Labute approximate surface area is 545 Å². The van der Waals surface area contributed by atoms with Crippen LogP contribution in [0, 0.1) is 34.5 Å². The summed E-state index contributed by atoms with van der Waals surface area (Å²) in [5.41, 5.74) is 6.18. The molecule has 8 N–H and O–H groups in total. The highest BCUT2D eigenvalue weighted by Crippen LogP contribution is 2.45. The maximum absolute atomic E-state index is 14.2. The van der Waals surface area contributed by atoms with E-state index in [1.807, 2.05) is 0 Å². The molecule has 0 bridgehead atoms. The number of carbonyl (C=O) groups is 8. The van der Waals surface area contributed by atoms with Crippen molar-refractivity contribution in [2.24, 2.45) is 17.6 Å². The zero-order valence-corrected chi connectivity index (χ0v) is 53.7. The van der Waals surface area contributed by atoms with Crippen LogP contribution >= 0.6 is 46.4 Å². The van der Waals surface area contributed by atoms with Gasteiger partial charge in [-0.3, -0.25) is 47.5 Å². The Balaban J connectivity index is 0.000000249. The van der Waals surface area contributed by atoms with E-state index in [4.69, 9.17) is 62.0 Å². The molecule has 6 atom stereocenters. The molecular weight excluding hydrogens is 1250 g/mol. The molecule has 0 spiro atoms. The molecule has 6 heterocycles. The lowest BCUT2D eigenvalue weighted by molar-refractivity contribution is -0.151. The number of ether oxygens (including phenoxy) is 1. The smallest absolute Gasteiger partial charge is 0.310 e. The van der Waals surface area contributed by atoms with Crippen molar-refractivity contribution in [1.29, 1.82) is 10.5 Å². The lowest BCUT2D eigenvalue weighted by Gasteiger charge is -2.33. The van der Waals surface area contributed by atoms with Crippen LogP contribution in [0.2, 0.25) is 20.1 Å². The van der Waals surface area contributed by atoms with Crippen LogP contribution < -0.4 is 32.3 Å². The summed E-state index contributed by atoms with van der Waals surface area (Å²) in [6.45, 7) is 9.89. The lowest BCUT2D eigenvalue weighted by Crippen LogP contribution is -2.52. The van der Waals surface area contributed by atoms with E-state index in [1.165, 1.54) is 27.1 Å². The van der Waals surface area contributed by atoms with Crippen molar-refractivity contribution in [3.05, 3.63) is 151 Å². The van der Waals surface area contributed by atoms with Crippen molar-refractivity contribution in [2.45, 2.75) is 96.3 Å². The first-order chi connectivity index (χ1) is 42.9. The Hall–Kier alpha value is -8.88. The number of nitrogens with one attached hydrogen (secondary N) is 2. The fourth-order valence-corrected chi connectivity index (χ4v) is 12.7. The Morgan fingerprint density at radius 3 is 1.36 bits per heavy atom. The predicted octanol–water partition coefficient (Wildman–Crippen LogP) is 7.93. The third kappa shape index (κ3) is 14.7. The fourth-order valence-electron chi connectivity index (χ4n) is 11.7. The normalized spacial score (nSPS) is 19.5. The highest BCUT2D eigenvalue weighted by Gasteiger charge is 2.53. The van der Waals surface area contributed by atoms with E-state index in [2.05, 4.69) is 32.7 Å². The van der Waals surface area contributed by atoms with Gasteiger partial charge in [0, 0.05) is 66.2 Å². The zero-order chi connectivity index (χ0) is 65.5. The van der Waals surface area contributed by atoms with Crippen LogP contribution in [0.25, 0.3) is 0 Å². The van der Waals surface area contributed by atoms with E-state index in [9.17, 15) is 48.9 Å². The Morgan fingerprint density at radius 2 is 1.01 bits per heavy atom. The van der Waals surface area contributed by atoms with E-state index in [0.717, 1.165) is 18.2 Å². The number of nitriles is 2. The fraction of sp³-hybridized carbons (Fsp3) is 0.365. The van der Waals surface area contributed by atoms with Crippen LogP contribution in [0.3, 0.4) is 0 Å². The SMILES string of the molecule is CCOC(=O)[C@@H]1CCCN(C(=O)[C@H](C)NC(=O)c2cnc3n2[C@](C)(Cc2ccc(C#N)cc2)C(=O)N3c2cc(Cl)cc(Cl)c2)C1.CO.C[C@H](NC(=O)c1cnc2n1[C@](C)(Cc1ccc(C#N)cc1)C(=O)N2c1cc(Cl)cc(Cl)c1)C(=O)N1CCC[C@@H](C(N)=O)C1.N. The largest absolute Gasteiger partial charge is 0.466 e. The van der Waals surface area contributed by atoms with Gasteiger partial charge < -0.3 is 42.2 Å². The van der Waals surface area contributed by atoms with Gasteiger partial charge in [-0.15, -0.1) is 0 Å². The van der Waals surface area contributed by atoms with Gasteiger partial charge >= 0.3 is 5.97 Å². The number of hydrogen-bond donors (Lipinski definition) is 5. The number of fused-ring (bicyclic) bond motifs is 2. The van der Waals surface area contributed by atoms with Gasteiger partial charge in [0.25, 0.3) is 23.6 Å². The molecule has 0 aliphatic carbocycles. The zero-order valence-electron chi connectivity index (χ0n) is 50.7. The number of carbonyl (C=O) groups excluding carboxylic acids is 8. The van der Waals surface area contributed by atoms with Gasteiger partial charge in [0.05, 0.1) is 65.5 Å². The van der Waals surface area contributed by atoms with Gasteiger partial charge in [0.1, 0.15) is 34.5 Å². The highest BCUT2D eigenvalue weighted by molar-refractivity contribution is 6.36. The van der Waals surface area contributed by atoms with Crippen molar-refractivity contribution in [1.82, 2.24) is 45.7 Å². The summed E-state index contributed by atoms with van der Waals surface area (Å²) < 4.78 is 8.26. The number of likely N-dealkylation sites (tertiary alicyclic amines) is 2. The molecule has 2 saturated heterocycles. The summed E-state index contributed by atoms with van der Waals surface area (Å²) >= 11 is 25.1. The minimum Gasteiger partial charge on any atom is -0.466 e. The number of nitrogens with zero attached hydrogens (tertiary/aromatic N) is 10. The minimum absolute atomic E-state index is 0. The van der Waals surface area contributed by atoms with E-state index < -0.39 is 52.7 Å². The second kappa shape index (κ2) is 29.4. The number of imidazole rings is 2. The first kappa shape index (κ1) is 69.6. The molecule has 2 aromatic heterocycles. The van der Waals surface area contributed by atoms with E-state index in [1.54, 1.807) is 134 Å². The second-order valence-corrected chi connectivity index (χ2v) is 24.2. The molecule has 10 rings (SSSR count). The first-order valence-electron chi connectivity index (χ1n) is 28.7. The monoisotopic (exact) mass is 1320 g/mol. The molecule has 6 aromatic rings. The number of primary amides is 1. The van der Waals surface area contributed by atoms with Gasteiger partial charge in [-0.25, -0.2) is 19.8 Å². The molecule has 24 nitrogen and oxygen atoms in total. The molecule has 28 heteroatoms. The number of halogens is 4. The molecule has 0 unspecified atom stereocenters. The Bertz CT molecular complexity index is 3830. The number of aliphatic hydroxyl groups excluding tert-OH is 1. The maximum atomic E-state index is 14.2. The van der Waals surface area contributed by atoms with Gasteiger partial charge in [0.15, 0.2) is 0 Å². The first-order valence-corrected chi connectivity index (χ1v) is 30.3. The molecule has 7 amide bonds. The van der Waals surface area contributed by atoms with Crippen LogP contribution in [0.1, 0.15) is 104 Å². The van der Waals surface area contributed by atoms with Crippen molar-refractivity contribution >= 4 is 117 Å². The van der Waals surface area contributed by atoms with Crippen LogP contribution in [0.4, 0.5) is 23.3 Å². The third-order valence-electron chi connectivity index (χ3n) is 16.1. The molecule has 4 aromatic carbocycles. The summed E-state index contributed by atoms with van der Waals surface area (Å²) in [6.07, 6.45) is 5.58. The highest BCUT2D eigenvalue weighted by atomic mass is 35.5. The second-order valence-electron chi connectivity index (χ2n) is 22.4. The van der Waals surface area contributed by atoms with Gasteiger partial charge in [-0.05, 0) is 132 Å². The standard InChI is InChI=1S/C32H32Cl2N6O5.C30H29Cl2N7O4.CH4O.H3N/c1-4-45-29(43)22-6-5-11-38(18-22)28(42)19(2)37-27(41)26-17-36-31-39(25-13-23(33)12-24(34)14-25)30(44)32(3,40(26)31)15-20-7-9-21(16-35)10-8-20;1-17(27(42)37-9-3-4-20(16-37)25(34)40)36-26(41)24-15-35-29-38(23-11-21(31)10-22(32)12-23)28(43)30(2,39(24)29)13-18-5-7-19(14-33)8-6-18;1-2;/h7-10,12-14,17,19,22H,4-6,11,15,18H2,1-3H3,(H,37,41);5-8,10-12,15,17,20H,3-4,9,13,16H2,1-2H3,(H2,34,40)(H,36,41);2H,1H3;1H3/t19-,22+,32+;17-,20+,30+;;/m00../s1. The topological polar surface area (TPSA) is 347 Å². The van der Waals surface area contributed by atoms with Gasteiger partial charge in [-0.1, -0.05) is 70.7 Å². The van der Waals surface area contributed by atoms with E-state index >= 15 is 0 Å². The number of aliphatic hydroxyl groups is 1. The summed E-state index contributed by atoms with van der Waals surface area (Å²) in [5.74, 6) is -3.88. The Morgan fingerprint density at radius 1 is 0.648 bits per heavy atom. The van der Waals surface area contributed by atoms with Crippen molar-refractivity contribution in [3.63, 3.8) is 0 Å². The number of nitrogens with two attached hydrogens (primary N) is 1. The number of piperidine rings is 2.